The zero-order valence-corrected chi connectivity index (χ0v) is 15.4. The van der Waals surface area contributed by atoms with Gasteiger partial charge in [0.1, 0.15) is 5.82 Å². The number of rotatable bonds is 5. The zero-order valence-electron chi connectivity index (χ0n) is 14.6. The number of nitrogens with zero attached hydrogens (tertiary/aromatic N) is 3. The number of carbonyl (C=O) groups is 1. The smallest absolute Gasteiger partial charge is 0.241 e. The Labute approximate surface area is 154 Å². The van der Waals surface area contributed by atoms with Gasteiger partial charge in [-0.25, -0.2) is 0 Å². The predicted octanol–water partition coefficient (Wildman–Crippen LogP) is 3.16. The second-order valence-electron chi connectivity index (χ2n) is 6.37. The largest absolute Gasteiger partial charge is 0.325 e. The highest BCUT2D eigenvalue weighted by molar-refractivity contribution is 5.95. The summed E-state index contributed by atoms with van der Waals surface area (Å²) in [5, 5.41) is 11.6. The Kier molecular flexibility index (Phi) is 6.96. The van der Waals surface area contributed by atoms with Crippen molar-refractivity contribution in [3.8, 4) is 11.4 Å². The molecule has 0 radical (unpaired) electrons. The fraction of sp³-hybridized carbons (Fsp3) is 0.500. The van der Waals surface area contributed by atoms with Crippen LogP contribution in [0.25, 0.3) is 11.4 Å². The number of halogens is 1. The molecule has 6 nitrogen and oxygen atoms in total. The van der Waals surface area contributed by atoms with Crippen molar-refractivity contribution in [2.24, 2.45) is 5.73 Å². The Morgan fingerprint density at radius 3 is 2.96 bits per heavy atom. The molecule has 1 atom stereocenters. The van der Waals surface area contributed by atoms with Crippen LogP contribution < -0.4 is 11.1 Å². The lowest BCUT2D eigenvalue weighted by atomic mass is 10.1. The first kappa shape index (κ1) is 19.4. The molecule has 136 valence electrons. The van der Waals surface area contributed by atoms with Gasteiger partial charge in [-0.2, -0.15) is 0 Å². The number of benzene rings is 1. The van der Waals surface area contributed by atoms with Gasteiger partial charge in [-0.1, -0.05) is 31.9 Å². The molecule has 2 aromatic rings. The number of hydrogen-bond donors (Lipinski definition) is 2. The van der Waals surface area contributed by atoms with Crippen LogP contribution in [0.15, 0.2) is 24.3 Å². The van der Waals surface area contributed by atoms with E-state index < -0.39 is 6.04 Å². The molecule has 1 aromatic heterocycles. The maximum Gasteiger partial charge on any atom is 0.241 e. The molecule has 7 heteroatoms. The van der Waals surface area contributed by atoms with Crippen LogP contribution in [0, 0.1) is 0 Å². The predicted molar refractivity (Wildman–Crippen MR) is 102 cm³/mol. The van der Waals surface area contributed by atoms with Gasteiger partial charge in [0.25, 0.3) is 0 Å². The summed E-state index contributed by atoms with van der Waals surface area (Å²) in [4.78, 5) is 12.1. The highest BCUT2D eigenvalue weighted by Crippen LogP contribution is 2.24. The van der Waals surface area contributed by atoms with E-state index in [1.807, 2.05) is 31.2 Å². The lowest BCUT2D eigenvalue weighted by Crippen LogP contribution is -2.35. The van der Waals surface area contributed by atoms with Gasteiger partial charge in [-0.05, 0) is 31.4 Å². The third-order valence-corrected chi connectivity index (χ3v) is 4.43. The number of carbonyl (C=O) groups excluding carboxylic acids is 1. The van der Waals surface area contributed by atoms with Crippen molar-refractivity contribution >= 4 is 24.0 Å². The highest BCUT2D eigenvalue weighted by Gasteiger charge is 2.17. The first-order valence-electron chi connectivity index (χ1n) is 8.78. The number of fused-ring (bicyclic) bond motifs is 1. The molecule has 0 bridgehead atoms. The minimum absolute atomic E-state index is 0. The van der Waals surface area contributed by atoms with Gasteiger partial charge in [0, 0.05) is 24.2 Å². The summed E-state index contributed by atoms with van der Waals surface area (Å²) >= 11 is 0. The van der Waals surface area contributed by atoms with Crippen LogP contribution in [0.3, 0.4) is 0 Å². The maximum absolute atomic E-state index is 12.1. The first-order chi connectivity index (χ1) is 11.7. The van der Waals surface area contributed by atoms with Crippen molar-refractivity contribution in [3.05, 3.63) is 30.1 Å². The minimum atomic E-state index is -0.469. The molecular formula is C18H26ClN5O. The second kappa shape index (κ2) is 8.97. The Morgan fingerprint density at radius 1 is 1.32 bits per heavy atom. The van der Waals surface area contributed by atoms with Gasteiger partial charge in [0.2, 0.25) is 5.91 Å². The van der Waals surface area contributed by atoms with Crippen molar-refractivity contribution in [1.29, 1.82) is 0 Å². The molecule has 2 heterocycles. The SMILES string of the molecule is CCCC(N)C(=O)Nc1cccc(-c2nnc3n2CCCCC3)c1.Cl. The molecule has 25 heavy (non-hydrogen) atoms. The molecule has 1 aromatic carbocycles. The number of aromatic nitrogens is 3. The molecule has 0 saturated carbocycles. The summed E-state index contributed by atoms with van der Waals surface area (Å²) in [5.74, 6) is 1.79. The van der Waals surface area contributed by atoms with E-state index >= 15 is 0 Å². The highest BCUT2D eigenvalue weighted by atomic mass is 35.5. The van der Waals surface area contributed by atoms with E-state index in [-0.39, 0.29) is 18.3 Å². The average molecular weight is 364 g/mol. The molecule has 0 spiro atoms. The second-order valence-corrected chi connectivity index (χ2v) is 6.37. The van der Waals surface area contributed by atoms with E-state index in [4.69, 9.17) is 5.73 Å². The molecule has 0 aliphatic carbocycles. The summed E-state index contributed by atoms with van der Waals surface area (Å²) < 4.78 is 2.21. The summed E-state index contributed by atoms with van der Waals surface area (Å²) in [5.41, 5.74) is 7.59. The van der Waals surface area contributed by atoms with E-state index in [0.29, 0.717) is 6.42 Å². The summed E-state index contributed by atoms with van der Waals surface area (Å²) in [6.07, 6.45) is 6.11. The number of nitrogens with two attached hydrogens (primary N) is 1. The Bertz CT molecular complexity index is 715. The van der Waals surface area contributed by atoms with Gasteiger partial charge >= 0.3 is 0 Å². The molecule has 3 N–H and O–H groups in total. The summed E-state index contributed by atoms with van der Waals surface area (Å²) in [6, 6.07) is 7.28. The van der Waals surface area contributed by atoms with E-state index in [0.717, 1.165) is 48.7 Å². The number of hydrogen-bond acceptors (Lipinski definition) is 4. The van der Waals surface area contributed by atoms with Crippen LogP contribution in [-0.2, 0) is 17.8 Å². The van der Waals surface area contributed by atoms with E-state index in [1.54, 1.807) is 0 Å². The van der Waals surface area contributed by atoms with Crippen LogP contribution in [0.1, 0.15) is 44.9 Å². The fourth-order valence-electron chi connectivity index (χ4n) is 3.11. The third kappa shape index (κ3) is 4.58. The number of aryl methyl sites for hydroxylation is 1. The van der Waals surface area contributed by atoms with Gasteiger partial charge < -0.3 is 15.6 Å². The van der Waals surface area contributed by atoms with Crippen LogP contribution in [0.2, 0.25) is 0 Å². The monoisotopic (exact) mass is 363 g/mol. The van der Waals surface area contributed by atoms with Crippen molar-refractivity contribution in [3.63, 3.8) is 0 Å². The fourth-order valence-corrected chi connectivity index (χ4v) is 3.11. The maximum atomic E-state index is 12.1. The molecule has 1 aliphatic heterocycles. The van der Waals surface area contributed by atoms with Gasteiger partial charge in [-0.3, -0.25) is 4.79 Å². The van der Waals surface area contributed by atoms with Crippen LogP contribution in [-0.4, -0.2) is 26.7 Å². The molecule has 0 saturated heterocycles. The van der Waals surface area contributed by atoms with Crippen LogP contribution in [0.4, 0.5) is 5.69 Å². The van der Waals surface area contributed by atoms with Gasteiger partial charge in [-0.15, -0.1) is 22.6 Å². The lowest BCUT2D eigenvalue weighted by molar-refractivity contribution is -0.117. The van der Waals surface area contributed by atoms with Crippen molar-refractivity contribution in [2.45, 2.75) is 58.0 Å². The average Bonchev–Trinajstić information content (AvgIpc) is 2.84. The van der Waals surface area contributed by atoms with Crippen molar-refractivity contribution in [1.82, 2.24) is 14.8 Å². The first-order valence-corrected chi connectivity index (χ1v) is 8.78. The molecule has 1 amide bonds. The number of anilines is 1. The molecular weight excluding hydrogens is 338 g/mol. The third-order valence-electron chi connectivity index (χ3n) is 4.43. The zero-order chi connectivity index (χ0) is 16.9. The van der Waals surface area contributed by atoms with E-state index in [9.17, 15) is 4.79 Å². The number of amides is 1. The van der Waals surface area contributed by atoms with Gasteiger partial charge in [0.05, 0.1) is 6.04 Å². The minimum Gasteiger partial charge on any atom is -0.325 e. The van der Waals surface area contributed by atoms with Gasteiger partial charge in [0.15, 0.2) is 5.82 Å². The standard InChI is InChI=1S/C18H25N5O.ClH/c1-2-7-15(19)18(24)20-14-9-6-8-13(12-14)17-22-21-16-10-4-3-5-11-23(16)17;/h6,8-9,12,15H,2-5,7,10-11,19H2,1H3,(H,20,24);1H. The molecule has 1 aliphatic rings. The van der Waals surface area contributed by atoms with Crippen LogP contribution in [0.5, 0.6) is 0 Å². The van der Waals surface area contributed by atoms with E-state index in [1.165, 1.54) is 12.8 Å². The Balaban J connectivity index is 0.00000225. The quantitative estimate of drug-likeness (QED) is 0.854. The summed E-state index contributed by atoms with van der Waals surface area (Å²) in [7, 11) is 0. The lowest BCUT2D eigenvalue weighted by Gasteiger charge is -2.12. The van der Waals surface area contributed by atoms with Crippen LogP contribution >= 0.6 is 12.4 Å². The molecule has 3 rings (SSSR count). The number of nitrogens with one attached hydrogen (secondary N) is 1. The normalized spacial score (nSPS) is 14.8. The Morgan fingerprint density at radius 2 is 2.16 bits per heavy atom. The van der Waals surface area contributed by atoms with E-state index in [2.05, 4.69) is 20.1 Å². The summed E-state index contributed by atoms with van der Waals surface area (Å²) in [6.45, 7) is 2.97. The Hall–Kier alpha value is -1.92. The topological polar surface area (TPSA) is 85.8 Å². The van der Waals surface area contributed by atoms with Crippen molar-refractivity contribution < 1.29 is 4.79 Å². The molecule has 1 unspecified atom stereocenters. The van der Waals surface area contributed by atoms with Crippen molar-refractivity contribution in [2.75, 3.05) is 5.32 Å². The molecule has 0 fully saturated rings.